The number of hydrogen-bond acceptors (Lipinski definition) is 6. The number of aromatic hydroxyl groups is 1. The lowest BCUT2D eigenvalue weighted by molar-refractivity contribution is -0.129. The monoisotopic (exact) mass is 428 g/mol. The summed E-state index contributed by atoms with van der Waals surface area (Å²) in [5.41, 5.74) is 2.35. The van der Waals surface area contributed by atoms with Gasteiger partial charge in [-0.05, 0) is 61.5 Å². The van der Waals surface area contributed by atoms with Crippen molar-refractivity contribution in [3.63, 3.8) is 0 Å². The van der Waals surface area contributed by atoms with Crippen LogP contribution in [0.2, 0.25) is 0 Å². The fourth-order valence-corrected chi connectivity index (χ4v) is 5.23. The van der Waals surface area contributed by atoms with Gasteiger partial charge in [0.15, 0.2) is 11.6 Å². The van der Waals surface area contributed by atoms with Crippen LogP contribution in [-0.4, -0.2) is 39.3 Å². The summed E-state index contributed by atoms with van der Waals surface area (Å²) in [6.07, 6.45) is 0.912. The van der Waals surface area contributed by atoms with Crippen LogP contribution in [0.25, 0.3) is 0 Å². The Hall–Kier alpha value is -2.47. The van der Waals surface area contributed by atoms with Gasteiger partial charge in [-0.15, -0.1) is 0 Å². The minimum absolute atomic E-state index is 0.0686. The zero-order valence-electron chi connectivity index (χ0n) is 18.9. The molecule has 0 radical (unpaired) electrons. The van der Waals surface area contributed by atoms with Gasteiger partial charge in [-0.2, -0.15) is 0 Å². The van der Waals surface area contributed by atoms with Crippen molar-refractivity contribution in [1.29, 1.82) is 0 Å². The number of carbonyl (C=O) groups excluding carboxylic acids is 3. The molecule has 6 heteroatoms. The molecule has 0 heterocycles. The Bertz CT molecular complexity index is 979. The molecule has 31 heavy (non-hydrogen) atoms. The second-order valence-electron chi connectivity index (χ2n) is 10.1. The first-order valence-electron chi connectivity index (χ1n) is 10.8. The number of phenolic OH excluding ortho intramolecular Hbond substituents is 1. The highest BCUT2D eigenvalue weighted by Crippen LogP contribution is 2.49. The Morgan fingerprint density at radius 1 is 1.19 bits per heavy atom. The average molecular weight is 429 g/mol. The van der Waals surface area contributed by atoms with E-state index in [1.165, 1.54) is 6.92 Å². The van der Waals surface area contributed by atoms with E-state index in [9.17, 15) is 29.7 Å². The van der Waals surface area contributed by atoms with Gasteiger partial charge in [-0.3, -0.25) is 14.4 Å². The minimum atomic E-state index is -0.984. The molecule has 0 bridgehead atoms. The van der Waals surface area contributed by atoms with Crippen LogP contribution in [0, 0.1) is 24.7 Å². The number of aliphatic hydroxyl groups excluding tert-OH is 2. The van der Waals surface area contributed by atoms with Gasteiger partial charge < -0.3 is 15.3 Å². The zero-order valence-corrected chi connectivity index (χ0v) is 18.9. The van der Waals surface area contributed by atoms with E-state index < -0.39 is 17.5 Å². The van der Waals surface area contributed by atoms with Crippen molar-refractivity contribution in [1.82, 2.24) is 0 Å². The molecule has 0 saturated heterocycles. The molecule has 3 unspecified atom stereocenters. The zero-order chi connectivity index (χ0) is 23.2. The maximum absolute atomic E-state index is 13.6. The summed E-state index contributed by atoms with van der Waals surface area (Å²) in [6, 6.07) is 1.92. The summed E-state index contributed by atoms with van der Waals surface area (Å²) in [7, 11) is 0. The van der Waals surface area contributed by atoms with Gasteiger partial charge in [0.25, 0.3) is 0 Å². The van der Waals surface area contributed by atoms with Crippen molar-refractivity contribution in [3.8, 4) is 5.75 Å². The normalized spacial score (nSPS) is 23.4. The summed E-state index contributed by atoms with van der Waals surface area (Å²) in [5.74, 6) is -3.18. The number of benzene rings is 1. The van der Waals surface area contributed by atoms with Gasteiger partial charge in [0.1, 0.15) is 17.3 Å². The van der Waals surface area contributed by atoms with E-state index in [1.54, 1.807) is 0 Å². The number of hydrogen-bond donors (Lipinski definition) is 3. The van der Waals surface area contributed by atoms with Gasteiger partial charge in [-0.25, -0.2) is 0 Å². The molecule has 3 atom stereocenters. The number of fused-ring (bicyclic) bond motifs is 2. The first-order chi connectivity index (χ1) is 14.4. The topological polar surface area (TPSA) is 112 Å². The molecular formula is C25H32O6. The van der Waals surface area contributed by atoms with E-state index in [-0.39, 0.29) is 58.7 Å². The summed E-state index contributed by atoms with van der Waals surface area (Å²) >= 11 is 0. The number of allylic oxidation sites excluding steroid dienone is 2. The highest BCUT2D eigenvalue weighted by Gasteiger charge is 2.46. The maximum Gasteiger partial charge on any atom is 0.196 e. The molecule has 3 rings (SSSR count). The van der Waals surface area contributed by atoms with Crippen LogP contribution in [0.4, 0.5) is 0 Å². The Kier molecular flexibility index (Phi) is 6.16. The lowest BCUT2D eigenvalue weighted by Crippen LogP contribution is -2.39. The van der Waals surface area contributed by atoms with E-state index in [0.29, 0.717) is 24.8 Å². The second kappa shape index (κ2) is 8.23. The average Bonchev–Trinajstić information content (AvgIpc) is 2.62. The van der Waals surface area contributed by atoms with Crippen LogP contribution in [0.15, 0.2) is 17.4 Å². The first-order valence-corrected chi connectivity index (χ1v) is 10.8. The third kappa shape index (κ3) is 4.05. The molecule has 0 spiro atoms. The fraction of sp³-hybridized carbons (Fsp3) is 0.560. The molecule has 0 amide bonds. The third-order valence-corrected chi connectivity index (χ3v) is 6.67. The van der Waals surface area contributed by atoms with E-state index in [1.807, 2.05) is 33.8 Å². The molecule has 3 N–H and O–H groups in total. The standard InChI is InChI=1S/C25H32O6/c1-12-8-17(25(3,4)5)22(29)21-16(12)11-15-10-14(6-7-26)19(18(28)9-13(2)27)23(30)20(15)24(21)31/h8,14-15,19,26,29-30H,6-7,9-11H2,1-5H3. The molecule has 6 nitrogen and oxygen atoms in total. The van der Waals surface area contributed by atoms with E-state index in [0.717, 1.165) is 11.1 Å². The Balaban J connectivity index is 2.18. The van der Waals surface area contributed by atoms with Crippen molar-refractivity contribution in [2.24, 2.45) is 17.8 Å². The number of rotatable bonds is 5. The number of Topliss-reactive ketones (excluding diaryl/α,β-unsaturated/α-hetero) is 3. The van der Waals surface area contributed by atoms with E-state index in [4.69, 9.17) is 0 Å². The first kappa shape index (κ1) is 23.2. The summed E-state index contributed by atoms with van der Waals surface area (Å²) < 4.78 is 0. The molecule has 1 aromatic carbocycles. The van der Waals surface area contributed by atoms with Crippen LogP contribution in [0.3, 0.4) is 0 Å². The molecule has 0 saturated carbocycles. The molecule has 2 aliphatic carbocycles. The maximum atomic E-state index is 13.6. The predicted molar refractivity (Wildman–Crippen MR) is 116 cm³/mol. The number of phenols is 1. The Morgan fingerprint density at radius 2 is 1.84 bits per heavy atom. The van der Waals surface area contributed by atoms with Gasteiger partial charge >= 0.3 is 0 Å². The quantitative estimate of drug-likeness (QED) is 0.616. The van der Waals surface area contributed by atoms with Crippen LogP contribution < -0.4 is 0 Å². The van der Waals surface area contributed by atoms with Crippen molar-refractivity contribution in [3.05, 3.63) is 39.7 Å². The van der Waals surface area contributed by atoms with Gasteiger partial charge in [-0.1, -0.05) is 26.8 Å². The highest BCUT2D eigenvalue weighted by atomic mass is 16.3. The molecule has 0 aliphatic heterocycles. The summed E-state index contributed by atoms with van der Waals surface area (Å²) in [5, 5.41) is 31.6. The SMILES string of the molecule is CC(=O)CC(=O)C1C(O)=C2C(=O)c3c(O)c(C(C)(C)C)cc(C)c3CC2CC1CCO. The van der Waals surface area contributed by atoms with Crippen LogP contribution in [0.1, 0.15) is 74.0 Å². The largest absolute Gasteiger partial charge is 0.511 e. The lowest BCUT2D eigenvalue weighted by Gasteiger charge is -2.39. The summed E-state index contributed by atoms with van der Waals surface area (Å²) in [6.45, 7) is 8.95. The van der Waals surface area contributed by atoms with Crippen LogP contribution in [-0.2, 0) is 21.4 Å². The number of aryl methyl sites for hydroxylation is 1. The summed E-state index contributed by atoms with van der Waals surface area (Å²) in [4.78, 5) is 37.9. The van der Waals surface area contributed by atoms with Gasteiger partial charge in [0.05, 0.1) is 17.9 Å². The lowest BCUT2D eigenvalue weighted by atomic mass is 9.64. The second-order valence-corrected chi connectivity index (χ2v) is 10.1. The Labute approximate surface area is 183 Å². The predicted octanol–water partition coefficient (Wildman–Crippen LogP) is 3.73. The number of ketones is 3. The molecule has 0 aromatic heterocycles. The molecule has 0 fully saturated rings. The number of carbonyl (C=O) groups is 3. The van der Waals surface area contributed by atoms with Crippen molar-refractivity contribution in [2.75, 3.05) is 6.61 Å². The van der Waals surface area contributed by atoms with E-state index in [2.05, 4.69) is 0 Å². The van der Waals surface area contributed by atoms with E-state index >= 15 is 0 Å². The smallest absolute Gasteiger partial charge is 0.196 e. The number of aliphatic hydroxyl groups is 2. The van der Waals surface area contributed by atoms with Gasteiger partial charge in [0.2, 0.25) is 0 Å². The van der Waals surface area contributed by atoms with Crippen molar-refractivity contribution >= 4 is 17.3 Å². The van der Waals surface area contributed by atoms with Crippen LogP contribution >= 0.6 is 0 Å². The molecule has 168 valence electrons. The molecule has 1 aromatic rings. The Morgan fingerprint density at radius 3 is 2.39 bits per heavy atom. The fourth-order valence-electron chi connectivity index (χ4n) is 5.23. The van der Waals surface area contributed by atoms with Gasteiger partial charge in [0, 0.05) is 17.7 Å². The van der Waals surface area contributed by atoms with Crippen molar-refractivity contribution < 1.29 is 29.7 Å². The molecule has 2 aliphatic rings. The molecular weight excluding hydrogens is 396 g/mol. The minimum Gasteiger partial charge on any atom is -0.511 e. The van der Waals surface area contributed by atoms with Crippen LogP contribution in [0.5, 0.6) is 5.75 Å². The third-order valence-electron chi connectivity index (χ3n) is 6.67. The highest BCUT2D eigenvalue weighted by molar-refractivity contribution is 6.14. The van der Waals surface area contributed by atoms with Crippen molar-refractivity contribution in [2.45, 2.75) is 65.7 Å².